The molecule has 1 aliphatic carbocycles. The number of hydrogen-bond acceptors (Lipinski definition) is 4. The number of oxazole rings is 1. The van der Waals surface area contributed by atoms with Crippen molar-refractivity contribution in [2.24, 2.45) is 11.7 Å². The van der Waals surface area contributed by atoms with Gasteiger partial charge >= 0.3 is 0 Å². The highest BCUT2D eigenvalue weighted by Gasteiger charge is 2.25. The van der Waals surface area contributed by atoms with Crippen molar-refractivity contribution in [2.45, 2.75) is 32.7 Å². The fraction of sp³-hybridized carbons (Fsp3) is 0.727. The Morgan fingerprint density at radius 3 is 2.93 bits per heavy atom. The Balaban J connectivity index is 2.00. The molecule has 1 saturated carbocycles. The van der Waals surface area contributed by atoms with E-state index in [1.165, 1.54) is 12.8 Å². The fourth-order valence-electron chi connectivity index (χ4n) is 1.68. The summed E-state index contributed by atoms with van der Waals surface area (Å²) in [4.78, 5) is 6.60. The van der Waals surface area contributed by atoms with Crippen molar-refractivity contribution < 1.29 is 4.42 Å². The molecule has 84 valence electrons. The first-order valence-corrected chi connectivity index (χ1v) is 5.73. The van der Waals surface area contributed by atoms with Crippen molar-refractivity contribution >= 4 is 6.01 Å². The monoisotopic (exact) mass is 209 g/mol. The first kappa shape index (κ1) is 10.5. The van der Waals surface area contributed by atoms with Crippen LogP contribution in [0.1, 0.15) is 31.9 Å². The first-order valence-electron chi connectivity index (χ1n) is 5.73. The van der Waals surface area contributed by atoms with Gasteiger partial charge in [-0.1, -0.05) is 6.92 Å². The topological polar surface area (TPSA) is 55.3 Å². The maximum Gasteiger partial charge on any atom is 0.297 e. The lowest BCUT2D eigenvalue weighted by molar-refractivity contribution is 0.523. The zero-order valence-corrected chi connectivity index (χ0v) is 9.28. The van der Waals surface area contributed by atoms with E-state index in [2.05, 4.69) is 16.8 Å². The number of nitrogens with two attached hydrogens (primary N) is 1. The Kier molecular flexibility index (Phi) is 3.26. The molecular formula is C11H19N3O. The number of aromatic nitrogens is 1. The third-order valence-corrected chi connectivity index (χ3v) is 2.69. The molecule has 2 N–H and O–H groups in total. The van der Waals surface area contributed by atoms with Crippen LogP contribution in [0.25, 0.3) is 0 Å². The molecule has 4 heteroatoms. The first-order chi connectivity index (χ1) is 7.33. The standard InChI is InChI=1S/C11H19N3O/c1-2-5-14(7-9-3-4-9)11-13-10(6-12)8-15-11/h8-9H,2-7,12H2,1H3. The van der Waals surface area contributed by atoms with Crippen molar-refractivity contribution in [3.8, 4) is 0 Å². The highest BCUT2D eigenvalue weighted by atomic mass is 16.4. The van der Waals surface area contributed by atoms with Crippen LogP contribution in [0.15, 0.2) is 10.7 Å². The van der Waals surface area contributed by atoms with Crippen LogP contribution in [0.3, 0.4) is 0 Å². The van der Waals surface area contributed by atoms with Gasteiger partial charge in [-0.3, -0.25) is 0 Å². The molecular weight excluding hydrogens is 190 g/mol. The molecule has 0 bridgehead atoms. The maximum absolute atomic E-state index is 5.51. The van der Waals surface area contributed by atoms with Gasteiger partial charge in [0.2, 0.25) is 0 Å². The van der Waals surface area contributed by atoms with Crippen LogP contribution in [-0.4, -0.2) is 18.1 Å². The van der Waals surface area contributed by atoms with E-state index in [0.717, 1.165) is 37.1 Å². The molecule has 0 aromatic carbocycles. The molecule has 1 aromatic rings. The van der Waals surface area contributed by atoms with Crippen LogP contribution in [-0.2, 0) is 6.54 Å². The Morgan fingerprint density at radius 2 is 2.40 bits per heavy atom. The van der Waals surface area contributed by atoms with Crippen LogP contribution in [0.4, 0.5) is 6.01 Å². The van der Waals surface area contributed by atoms with Crippen molar-refractivity contribution in [1.82, 2.24) is 4.98 Å². The van der Waals surface area contributed by atoms with E-state index in [1.807, 2.05) is 0 Å². The van der Waals surface area contributed by atoms with Gasteiger partial charge in [-0.2, -0.15) is 4.98 Å². The molecule has 4 nitrogen and oxygen atoms in total. The molecule has 1 fully saturated rings. The molecule has 0 unspecified atom stereocenters. The van der Waals surface area contributed by atoms with Crippen molar-refractivity contribution in [3.63, 3.8) is 0 Å². The maximum atomic E-state index is 5.51. The van der Waals surface area contributed by atoms with Gasteiger partial charge < -0.3 is 15.1 Å². The minimum absolute atomic E-state index is 0.451. The van der Waals surface area contributed by atoms with Gasteiger partial charge in [0.05, 0.1) is 5.69 Å². The Hall–Kier alpha value is -1.03. The molecule has 0 saturated heterocycles. The van der Waals surface area contributed by atoms with Gasteiger partial charge in [-0.15, -0.1) is 0 Å². The van der Waals surface area contributed by atoms with Crippen LogP contribution in [0, 0.1) is 5.92 Å². The third-order valence-electron chi connectivity index (χ3n) is 2.69. The van der Waals surface area contributed by atoms with Crippen LogP contribution in [0.2, 0.25) is 0 Å². The molecule has 1 heterocycles. The molecule has 2 rings (SSSR count). The predicted octanol–water partition coefficient (Wildman–Crippen LogP) is 1.76. The molecule has 1 aliphatic rings. The zero-order valence-electron chi connectivity index (χ0n) is 9.28. The van der Waals surface area contributed by atoms with E-state index in [1.54, 1.807) is 6.26 Å². The van der Waals surface area contributed by atoms with E-state index >= 15 is 0 Å². The lowest BCUT2D eigenvalue weighted by Gasteiger charge is -2.19. The second-order valence-corrected chi connectivity index (χ2v) is 4.21. The predicted molar refractivity (Wildman–Crippen MR) is 59.6 cm³/mol. The summed E-state index contributed by atoms with van der Waals surface area (Å²) in [6.07, 6.45) is 5.48. The number of hydrogen-bond donors (Lipinski definition) is 1. The quantitative estimate of drug-likeness (QED) is 0.775. The van der Waals surface area contributed by atoms with Gasteiger partial charge in [-0.05, 0) is 25.2 Å². The summed E-state index contributed by atoms with van der Waals surface area (Å²) in [5.41, 5.74) is 6.34. The average molecular weight is 209 g/mol. The van der Waals surface area contributed by atoms with E-state index in [4.69, 9.17) is 10.2 Å². The van der Waals surface area contributed by atoms with E-state index < -0.39 is 0 Å². The highest BCUT2D eigenvalue weighted by Crippen LogP contribution is 2.31. The largest absolute Gasteiger partial charge is 0.432 e. The minimum Gasteiger partial charge on any atom is -0.432 e. The number of anilines is 1. The zero-order chi connectivity index (χ0) is 10.7. The number of rotatable bonds is 6. The summed E-state index contributed by atoms with van der Waals surface area (Å²) in [6.45, 7) is 4.72. The summed E-state index contributed by atoms with van der Waals surface area (Å²) < 4.78 is 5.43. The van der Waals surface area contributed by atoms with Crippen LogP contribution in [0.5, 0.6) is 0 Å². The molecule has 0 radical (unpaired) electrons. The second kappa shape index (κ2) is 4.66. The van der Waals surface area contributed by atoms with E-state index in [0.29, 0.717) is 6.54 Å². The molecule has 0 atom stereocenters. The van der Waals surface area contributed by atoms with Crippen LogP contribution >= 0.6 is 0 Å². The van der Waals surface area contributed by atoms with Crippen LogP contribution < -0.4 is 10.6 Å². The second-order valence-electron chi connectivity index (χ2n) is 4.21. The Bertz CT molecular complexity index is 307. The summed E-state index contributed by atoms with van der Waals surface area (Å²) >= 11 is 0. The number of nitrogens with zero attached hydrogens (tertiary/aromatic N) is 2. The van der Waals surface area contributed by atoms with E-state index in [9.17, 15) is 0 Å². The average Bonchev–Trinajstić information content (AvgIpc) is 2.94. The SMILES string of the molecule is CCCN(CC1CC1)c1nc(CN)co1. The van der Waals surface area contributed by atoms with Gasteiger partial charge in [0, 0.05) is 19.6 Å². The van der Waals surface area contributed by atoms with Gasteiger partial charge in [0.15, 0.2) is 0 Å². The molecule has 1 aromatic heterocycles. The van der Waals surface area contributed by atoms with Gasteiger partial charge in [-0.25, -0.2) is 0 Å². The summed E-state index contributed by atoms with van der Waals surface area (Å²) in [6, 6.07) is 0.740. The summed E-state index contributed by atoms with van der Waals surface area (Å²) in [7, 11) is 0. The Morgan fingerprint density at radius 1 is 1.60 bits per heavy atom. The van der Waals surface area contributed by atoms with Crippen molar-refractivity contribution in [2.75, 3.05) is 18.0 Å². The smallest absolute Gasteiger partial charge is 0.297 e. The molecule has 0 aliphatic heterocycles. The molecule has 0 amide bonds. The minimum atomic E-state index is 0.451. The van der Waals surface area contributed by atoms with Gasteiger partial charge in [0.1, 0.15) is 6.26 Å². The van der Waals surface area contributed by atoms with E-state index in [-0.39, 0.29) is 0 Å². The summed E-state index contributed by atoms with van der Waals surface area (Å²) in [5, 5.41) is 0. The summed E-state index contributed by atoms with van der Waals surface area (Å²) in [5.74, 6) is 0.852. The molecule has 15 heavy (non-hydrogen) atoms. The Labute approximate surface area is 90.5 Å². The lowest BCUT2D eigenvalue weighted by Crippen LogP contribution is -2.26. The normalized spacial score (nSPS) is 15.6. The molecule has 0 spiro atoms. The lowest BCUT2D eigenvalue weighted by atomic mass is 10.3. The van der Waals surface area contributed by atoms with Gasteiger partial charge in [0.25, 0.3) is 6.01 Å². The highest BCUT2D eigenvalue weighted by molar-refractivity contribution is 5.27. The van der Waals surface area contributed by atoms with Crippen molar-refractivity contribution in [3.05, 3.63) is 12.0 Å². The van der Waals surface area contributed by atoms with Crippen molar-refractivity contribution in [1.29, 1.82) is 0 Å². The fourth-order valence-corrected chi connectivity index (χ4v) is 1.68. The third kappa shape index (κ3) is 2.72.